The minimum absolute atomic E-state index is 0.102. The minimum atomic E-state index is -0.371. The van der Waals surface area contributed by atoms with E-state index < -0.39 is 0 Å². The fourth-order valence-corrected chi connectivity index (χ4v) is 5.23. The van der Waals surface area contributed by atoms with Gasteiger partial charge in [0.2, 0.25) is 0 Å². The van der Waals surface area contributed by atoms with E-state index in [2.05, 4.69) is 24.1 Å². The lowest BCUT2D eigenvalue weighted by atomic mass is 9.53. The zero-order valence-corrected chi connectivity index (χ0v) is 12.8. The number of likely N-dealkylation sites (tertiary alicyclic amines) is 1. The van der Waals surface area contributed by atoms with Crippen molar-refractivity contribution >= 4 is 5.78 Å². The van der Waals surface area contributed by atoms with Crippen molar-refractivity contribution in [2.75, 3.05) is 20.7 Å². The molecule has 4 atom stereocenters. The van der Waals surface area contributed by atoms with Crippen LogP contribution in [-0.2, 0) is 16.6 Å². The number of methoxy groups -OCH3 is 1. The van der Waals surface area contributed by atoms with E-state index >= 15 is 0 Å². The predicted octanol–water partition coefficient (Wildman–Crippen LogP) is 1.71. The molecular weight excluding hydrogens is 278 g/mol. The first kappa shape index (κ1) is 12.7. The highest BCUT2D eigenvalue weighted by atomic mass is 16.5. The molecule has 114 valence electrons. The molecule has 2 aliphatic heterocycles. The summed E-state index contributed by atoms with van der Waals surface area (Å²) in [7, 11) is 3.86. The van der Waals surface area contributed by atoms with Crippen molar-refractivity contribution in [1.82, 2.24) is 4.90 Å². The van der Waals surface area contributed by atoms with Crippen molar-refractivity contribution in [2.24, 2.45) is 5.92 Å². The zero-order chi connectivity index (χ0) is 15.1. The molecule has 0 aromatic heterocycles. The molecule has 2 heterocycles. The summed E-state index contributed by atoms with van der Waals surface area (Å²) in [6.07, 6.45) is 5.50. The molecule has 4 aliphatic rings. The standard InChI is InChI=1S/C18H19NO3/c1-19-8-7-18-11-4-5-13(20)17(18)22-16-14(21-2)6-3-10(15(16)18)9-12(11)19/h3-6,11-12,17H,7-9H2,1-2H3/t11?,12-,17+,18+/m1/s1. The maximum atomic E-state index is 12.5. The zero-order valence-electron chi connectivity index (χ0n) is 12.8. The molecule has 1 spiro atoms. The van der Waals surface area contributed by atoms with E-state index in [1.807, 2.05) is 6.07 Å². The minimum Gasteiger partial charge on any atom is -0.493 e. The number of hydrogen-bond acceptors (Lipinski definition) is 4. The largest absolute Gasteiger partial charge is 0.493 e. The van der Waals surface area contributed by atoms with E-state index in [1.54, 1.807) is 13.2 Å². The quantitative estimate of drug-likeness (QED) is 0.791. The van der Waals surface area contributed by atoms with Gasteiger partial charge in [0.25, 0.3) is 0 Å². The fourth-order valence-electron chi connectivity index (χ4n) is 5.23. The molecule has 0 N–H and O–H groups in total. The summed E-state index contributed by atoms with van der Waals surface area (Å²) >= 11 is 0. The van der Waals surface area contributed by atoms with E-state index in [0.717, 1.165) is 30.9 Å². The number of carbonyl (C=O) groups is 1. The SMILES string of the molecule is COc1ccc2c3c1O[C@H]1C(=O)C=CC4[C@@H](C2)N(C)CC[C@@]341. The van der Waals surface area contributed by atoms with Gasteiger partial charge in [0.1, 0.15) is 0 Å². The molecule has 1 saturated heterocycles. The van der Waals surface area contributed by atoms with Gasteiger partial charge in [-0.2, -0.15) is 0 Å². The van der Waals surface area contributed by atoms with Crippen molar-refractivity contribution in [3.8, 4) is 11.5 Å². The highest BCUT2D eigenvalue weighted by Crippen LogP contribution is 2.61. The van der Waals surface area contributed by atoms with Gasteiger partial charge in [0.15, 0.2) is 23.4 Å². The summed E-state index contributed by atoms with van der Waals surface area (Å²) in [5, 5.41) is 0. The molecule has 1 unspecified atom stereocenters. The number of ketones is 1. The first-order valence-corrected chi connectivity index (χ1v) is 7.96. The third kappa shape index (κ3) is 1.23. The summed E-state index contributed by atoms with van der Waals surface area (Å²) in [6.45, 7) is 1.01. The molecule has 4 heteroatoms. The summed E-state index contributed by atoms with van der Waals surface area (Å²) in [6, 6.07) is 4.60. The van der Waals surface area contributed by atoms with E-state index in [9.17, 15) is 4.79 Å². The lowest BCUT2D eigenvalue weighted by molar-refractivity contribution is -0.127. The van der Waals surface area contributed by atoms with E-state index in [1.165, 1.54) is 11.1 Å². The van der Waals surface area contributed by atoms with Gasteiger partial charge in [0, 0.05) is 17.5 Å². The van der Waals surface area contributed by atoms with Crippen molar-refractivity contribution in [3.63, 3.8) is 0 Å². The summed E-state index contributed by atoms with van der Waals surface area (Å²) < 4.78 is 11.7. The van der Waals surface area contributed by atoms with Gasteiger partial charge >= 0.3 is 0 Å². The van der Waals surface area contributed by atoms with Crippen LogP contribution in [-0.4, -0.2) is 43.5 Å². The second-order valence-electron chi connectivity index (χ2n) is 6.96. The average molecular weight is 297 g/mol. The van der Waals surface area contributed by atoms with Crippen molar-refractivity contribution < 1.29 is 14.3 Å². The van der Waals surface area contributed by atoms with E-state index in [-0.39, 0.29) is 17.3 Å². The first-order valence-electron chi connectivity index (χ1n) is 7.96. The number of rotatable bonds is 1. The van der Waals surface area contributed by atoms with E-state index in [0.29, 0.717) is 12.0 Å². The van der Waals surface area contributed by atoms with Gasteiger partial charge in [-0.3, -0.25) is 4.79 Å². The molecule has 22 heavy (non-hydrogen) atoms. The third-order valence-corrected chi connectivity index (χ3v) is 6.21. The van der Waals surface area contributed by atoms with Crippen molar-refractivity contribution in [3.05, 3.63) is 35.4 Å². The Hall–Kier alpha value is -1.81. The Balaban J connectivity index is 1.84. The molecule has 1 fully saturated rings. The highest BCUT2D eigenvalue weighted by Gasteiger charge is 2.64. The predicted molar refractivity (Wildman–Crippen MR) is 81.5 cm³/mol. The number of hydrogen-bond donors (Lipinski definition) is 0. The Bertz CT molecular complexity index is 725. The first-order chi connectivity index (χ1) is 10.7. The second kappa shape index (κ2) is 3.93. The molecule has 1 aromatic carbocycles. The maximum absolute atomic E-state index is 12.5. The van der Waals surface area contributed by atoms with Crippen LogP contribution in [0.15, 0.2) is 24.3 Å². The summed E-state index contributed by atoms with van der Waals surface area (Å²) in [5.74, 6) is 2.03. The van der Waals surface area contributed by atoms with Gasteiger partial charge in [-0.15, -0.1) is 0 Å². The Labute approximate surface area is 129 Å². The smallest absolute Gasteiger partial charge is 0.196 e. The van der Waals surface area contributed by atoms with Crippen LogP contribution in [0.2, 0.25) is 0 Å². The maximum Gasteiger partial charge on any atom is 0.196 e. The molecule has 0 radical (unpaired) electrons. The number of ether oxygens (including phenoxy) is 2. The fraction of sp³-hybridized carbons (Fsp3) is 0.500. The molecule has 2 bridgehead atoms. The van der Waals surface area contributed by atoms with Crippen LogP contribution in [0.4, 0.5) is 0 Å². The normalized spacial score (nSPS) is 37.7. The Morgan fingerprint density at radius 1 is 1.41 bits per heavy atom. The van der Waals surface area contributed by atoms with E-state index in [4.69, 9.17) is 9.47 Å². The molecule has 5 rings (SSSR count). The Morgan fingerprint density at radius 3 is 3.09 bits per heavy atom. The van der Waals surface area contributed by atoms with Gasteiger partial charge < -0.3 is 14.4 Å². The average Bonchev–Trinajstić information content (AvgIpc) is 2.88. The van der Waals surface area contributed by atoms with Crippen molar-refractivity contribution in [1.29, 1.82) is 0 Å². The topological polar surface area (TPSA) is 38.8 Å². The van der Waals surface area contributed by atoms with Crippen molar-refractivity contribution in [2.45, 2.75) is 30.4 Å². The Kier molecular flexibility index (Phi) is 2.27. The molecule has 0 amide bonds. The lowest BCUT2D eigenvalue weighted by Gasteiger charge is -2.55. The second-order valence-corrected chi connectivity index (χ2v) is 6.96. The van der Waals surface area contributed by atoms with Gasteiger partial charge in [-0.1, -0.05) is 12.1 Å². The number of likely N-dealkylation sites (N-methyl/N-ethyl adjacent to an activating group) is 1. The molecule has 2 aliphatic carbocycles. The molecule has 4 nitrogen and oxygen atoms in total. The number of piperidine rings is 1. The molecular formula is C18H19NO3. The van der Waals surface area contributed by atoms with Crippen LogP contribution >= 0.6 is 0 Å². The highest BCUT2D eigenvalue weighted by molar-refractivity contribution is 5.98. The van der Waals surface area contributed by atoms with Crippen LogP contribution < -0.4 is 9.47 Å². The van der Waals surface area contributed by atoms with Gasteiger partial charge in [-0.25, -0.2) is 0 Å². The van der Waals surface area contributed by atoms with Crippen LogP contribution in [0.5, 0.6) is 11.5 Å². The van der Waals surface area contributed by atoms with Gasteiger partial charge in [-0.05, 0) is 44.1 Å². The summed E-state index contributed by atoms with van der Waals surface area (Å²) in [5.41, 5.74) is 2.40. The van der Waals surface area contributed by atoms with Crippen LogP contribution in [0.1, 0.15) is 17.5 Å². The summed E-state index contributed by atoms with van der Waals surface area (Å²) in [4.78, 5) is 15.0. The molecule has 0 saturated carbocycles. The van der Waals surface area contributed by atoms with Crippen LogP contribution in [0.3, 0.4) is 0 Å². The number of carbonyl (C=O) groups excluding carboxylic acids is 1. The monoisotopic (exact) mass is 297 g/mol. The van der Waals surface area contributed by atoms with Crippen LogP contribution in [0, 0.1) is 5.92 Å². The number of nitrogens with zero attached hydrogens (tertiary/aromatic N) is 1. The third-order valence-electron chi connectivity index (χ3n) is 6.21. The molecule has 1 aromatic rings. The van der Waals surface area contributed by atoms with Crippen LogP contribution in [0.25, 0.3) is 0 Å². The number of benzene rings is 1. The van der Waals surface area contributed by atoms with Gasteiger partial charge in [0.05, 0.1) is 12.5 Å². The lowest BCUT2D eigenvalue weighted by Crippen LogP contribution is -2.64. The Morgan fingerprint density at radius 2 is 2.27 bits per heavy atom.